The molecule has 0 saturated carbocycles. The molecule has 0 rings (SSSR count). The third kappa shape index (κ3) is 14.3. The predicted octanol–water partition coefficient (Wildman–Crippen LogP) is 3.46. The average Bonchev–Trinajstić information content (AvgIpc) is 2.66. The van der Waals surface area contributed by atoms with E-state index in [9.17, 15) is 9.90 Å². The van der Waals surface area contributed by atoms with Crippen LogP contribution in [0.4, 0.5) is 0 Å². The van der Waals surface area contributed by atoms with Gasteiger partial charge in [0.2, 0.25) is 0 Å². The summed E-state index contributed by atoms with van der Waals surface area (Å²) in [6.45, 7) is 11.4. The third-order valence-corrected chi connectivity index (χ3v) is 4.24. The molecule has 0 aromatic heterocycles. The van der Waals surface area contributed by atoms with Crippen LogP contribution in [-0.2, 0) is 28.5 Å². The summed E-state index contributed by atoms with van der Waals surface area (Å²) in [5.41, 5.74) is 0. The molecule has 0 amide bonds. The molecule has 0 aliphatic carbocycles. The number of unbranched alkanes of at least 4 members (excludes halogenated alkanes) is 3. The highest BCUT2D eigenvalue weighted by Crippen LogP contribution is 2.13. The minimum atomic E-state index is -1.20. The van der Waals surface area contributed by atoms with Crippen molar-refractivity contribution in [1.82, 2.24) is 0 Å². The number of carbonyl (C=O) groups excluding carboxylic acids is 1. The molecule has 7 nitrogen and oxygen atoms in total. The summed E-state index contributed by atoms with van der Waals surface area (Å²) in [7, 11) is 0. The van der Waals surface area contributed by atoms with E-state index in [4.69, 9.17) is 23.7 Å². The molecule has 0 heterocycles. The Labute approximate surface area is 171 Å². The van der Waals surface area contributed by atoms with Crippen LogP contribution in [0.2, 0.25) is 0 Å². The Kier molecular flexibility index (Phi) is 17.8. The van der Waals surface area contributed by atoms with Crippen LogP contribution in [0.5, 0.6) is 0 Å². The molecule has 7 heteroatoms. The van der Waals surface area contributed by atoms with E-state index in [1.165, 1.54) is 6.92 Å². The molecule has 0 radical (unpaired) electrons. The van der Waals surface area contributed by atoms with Crippen LogP contribution in [0.1, 0.15) is 73.1 Å². The Morgan fingerprint density at radius 1 is 0.857 bits per heavy atom. The van der Waals surface area contributed by atoms with Crippen molar-refractivity contribution in [2.75, 3.05) is 33.0 Å². The van der Waals surface area contributed by atoms with Gasteiger partial charge in [0.1, 0.15) is 18.8 Å². The van der Waals surface area contributed by atoms with Crippen molar-refractivity contribution in [3.05, 3.63) is 0 Å². The third-order valence-electron chi connectivity index (χ3n) is 4.24. The highest BCUT2D eigenvalue weighted by atomic mass is 16.7. The van der Waals surface area contributed by atoms with Crippen LogP contribution in [0, 0.1) is 0 Å². The average molecular weight is 407 g/mol. The smallest absolute Gasteiger partial charge is 0.302 e. The largest absolute Gasteiger partial charge is 0.463 e. The summed E-state index contributed by atoms with van der Waals surface area (Å²) in [5.74, 6) is -0.400. The fourth-order valence-electron chi connectivity index (χ4n) is 2.31. The molecule has 0 aliphatic heterocycles. The van der Waals surface area contributed by atoms with Crippen molar-refractivity contribution in [3.63, 3.8) is 0 Å². The number of carbonyl (C=O) groups is 1. The molecule has 0 aromatic rings. The molecule has 28 heavy (non-hydrogen) atoms. The van der Waals surface area contributed by atoms with Crippen molar-refractivity contribution >= 4 is 5.97 Å². The first-order valence-electron chi connectivity index (χ1n) is 10.7. The van der Waals surface area contributed by atoms with Gasteiger partial charge in [0, 0.05) is 26.7 Å². The normalized spacial score (nSPS) is 15.8. The topological polar surface area (TPSA) is 83.5 Å². The summed E-state index contributed by atoms with van der Waals surface area (Å²) in [5, 5.41) is 10.6. The summed E-state index contributed by atoms with van der Waals surface area (Å²) in [6, 6.07) is 0. The molecule has 0 aromatic carbocycles. The van der Waals surface area contributed by atoms with Gasteiger partial charge in [0.05, 0.1) is 12.7 Å². The zero-order valence-electron chi connectivity index (χ0n) is 18.5. The quantitative estimate of drug-likeness (QED) is 0.200. The van der Waals surface area contributed by atoms with E-state index in [1.807, 2.05) is 6.92 Å². The highest BCUT2D eigenvalue weighted by Gasteiger charge is 2.29. The van der Waals surface area contributed by atoms with E-state index in [2.05, 4.69) is 20.8 Å². The van der Waals surface area contributed by atoms with Crippen LogP contribution in [0.3, 0.4) is 0 Å². The minimum absolute atomic E-state index is 0.0120. The van der Waals surface area contributed by atoms with Crippen LogP contribution in [-0.4, -0.2) is 68.7 Å². The van der Waals surface area contributed by atoms with Gasteiger partial charge in [-0.1, -0.05) is 40.0 Å². The number of hydrogen-bond donors (Lipinski definition) is 1. The second-order valence-electron chi connectivity index (χ2n) is 6.99. The van der Waals surface area contributed by atoms with Crippen LogP contribution >= 0.6 is 0 Å². The lowest BCUT2D eigenvalue weighted by Crippen LogP contribution is -2.44. The zero-order valence-corrected chi connectivity index (χ0v) is 18.5. The fraction of sp³-hybridized carbons (Fsp3) is 0.952. The van der Waals surface area contributed by atoms with Gasteiger partial charge in [0.25, 0.3) is 0 Å². The first-order valence-corrected chi connectivity index (χ1v) is 10.7. The van der Waals surface area contributed by atoms with Crippen LogP contribution in [0.15, 0.2) is 0 Å². The molecule has 0 aliphatic rings. The van der Waals surface area contributed by atoms with Crippen molar-refractivity contribution in [1.29, 1.82) is 0 Å². The molecule has 0 saturated heterocycles. The minimum Gasteiger partial charge on any atom is -0.463 e. The number of hydrogen-bond acceptors (Lipinski definition) is 7. The predicted molar refractivity (Wildman–Crippen MR) is 108 cm³/mol. The van der Waals surface area contributed by atoms with E-state index in [0.29, 0.717) is 19.8 Å². The van der Waals surface area contributed by atoms with Gasteiger partial charge in [-0.15, -0.1) is 0 Å². The highest BCUT2D eigenvalue weighted by molar-refractivity contribution is 5.65. The van der Waals surface area contributed by atoms with Crippen molar-refractivity contribution in [3.8, 4) is 0 Å². The van der Waals surface area contributed by atoms with Gasteiger partial charge < -0.3 is 28.8 Å². The number of aliphatic hydroxyl groups excluding tert-OH is 1. The second-order valence-corrected chi connectivity index (χ2v) is 6.99. The van der Waals surface area contributed by atoms with E-state index in [1.54, 1.807) is 0 Å². The monoisotopic (exact) mass is 406 g/mol. The first kappa shape index (κ1) is 27.3. The number of ether oxygens (including phenoxy) is 5. The van der Waals surface area contributed by atoms with Crippen LogP contribution < -0.4 is 0 Å². The molecule has 1 N–H and O–H groups in total. The first-order chi connectivity index (χ1) is 13.5. The Morgan fingerprint density at radius 2 is 1.43 bits per heavy atom. The number of rotatable bonds is 19. The summed E-state index contributed by atoms with van der Waals surface area (Å²) in [4.78, 5) is 11.2. The van der Waals surface area contributed by atoms with E-state index in [0.717, 1.165) is 38.5 Å². The lowest BCUT2D eigenvalue weighted by Gasteiger charge is -2.30. The van der Waals surface area contributed by atoms with E-state index in [-0.39, 0.29) is 19.3 Å². The lowest BCUT2D eigenvalue weighted by molar-refractivity contribution is -0.237. The summed E-state index contributed by atoms with van der Waals surface area (Å²) in [6.07, 6.45) is 3.11. The molecular formula is C21H42O7. The molecule has 0 bridgehead atoms. The summed E-state index contributed by atoms with van der Waals surface area (Å²) < 4.78 is 28.1. The zero-order chi connectivity index (χ0) is 21.2. The van der Waals surface area contributed by atoms with E-state index < -0.39 is 24.5 Å². The SMILES string of the molecule is CCCCOC[C@H](OCCCC)C(O)OC(COC(C)=O)[C@H](C)OCCCC. The van der Waals surface area contributed by atoms with E-state index >= 15 is 0 Å². The van der Waals surface area contributed by atoms with Crippen molar-refractivity contribution < 1.29 is 33.6 Å². The molecule has 2 unspecified atom stereocenters. The Bertz CT molecular complexity index is 365. The van der Waals surface area contributed by atoms with Crippen molar-refractivity contribution in [2.24, 2.45) is 0 Å². The van der Waals surface area contributed by atoms with Gasteiger partial charge in [0.15, 0.2) is 6.29 Å². The van der Waals surface area contributed by atoms with Gasteiger partial charge in [-0.25, -0.2) is 0 Å². The number of esters is 1. The second kappa shape index (κ2) is 18.3. The number of aliphatic hydroxyl groups is 1. The standard InChI is InChI=1S/C21H42O7/c1-6-9-12-24-15-20(26-14-11-8-3)21(23)28-19(16-27-18(5)22)17(4)25-13-10-7-2/h17,19-21,23H,6-16H2,1-5H3/t17-,19?,20-,21?/m0/s1. The Morgan fingerprint density at radius 3 is 2.00 bits per heavy atom. The van der Waals surface area contributed by atoms with Gasteiger partial charge >= 0.3 is 5.97 Å². The van der Waals surface area contributed by atoms with Gasteiger partial charge in [-0.05, 0) is 26.2 Å². The molecule has 0 spiro atoms. The fourth-order valence-corrected chi connectivity index (χ4v) is 2.31. The maximum absolute atomic E-state index is 11.2. The summed E-state index contributed by atoms with van der Waals surface area (Å²) >= 11 is 0. The lowest BCUT2D eigenvalue weighted by atomic mass is 10.2. The van der Waals surface area contributed by atoms with Gasteiger partial charge in [-0.3, -0.25) is 4.79 Å². The Balaban J connectivity index is 4.80. The molecular weight excluding hydrogens is 364 g/mol. The Hall–Kier alpha value is -0.730. The molecule has 168 valence electrons. The molecule has 0 fully saturated rings. The van der Waals surface area contributed by atoms with Crippen LogP contribution in [0.25, 0.3) is 0 Å². The maximum atomic E-state index is 11.2. The molecule has 4 atom stereocenters. The maximum Gasteiger partial charge on any atom is 0.302 e. The van der Waals surface area contributed by atoms with Gasteiger partial charge in [-0.2, -0.15) is 0 Å². The van der Waals surface area contributed by atoms with Crippen molar-refractivity contribution in [2.45, 2.75) is 97.7 Å².